The molecule has 0 fully saturated rings. The average Bonchev–Trinajstić information content (AvgIpc) is 2.95. The molecule has 5 heteroatoms. The lowest BCUT2D eigenvalue weighted by Crippen LogP contribution is -2.09. The molecule has 0 spiro atoms. The van der Waals surface area contributed by atoms with Gasteiger partial charge < -0.3 is 8.60 Å². The van der Waals surface area contributed by atoms with E-state index in [-0.39, 0.29) is 10.6 Å². The Labute approximate surface area is 142 Å². The Morgan fingerprint density at radius 2 is 1.79 bits per heavy atom. The molecule has 0 amide bonds. The highest BCUT2D eigenvalue weighted by molar-refractivity contribution is 7.87. The van der Waals surface area contributed by atoms with E-state index >= 15 is 0 Å². The topological polar surface area (TPSA) is 56.5 Å². The van der Waals surface area contributed by atoms with Crippen molar-refractivity contribution in [3.8, 4) is 5.75 Å². The van der Waals surface area contributed by atoms with Crippen LogP contribution in [0.1, 0.15) is 31.1 Å². The number of benzene rings is 2. The summed E-state index contributed by atoms with van der Waals surface area (Å²) in [6.07, 6.45) is 3.04. The minimum absolute atomic E-state index is 0.143. The van der Waals surface area contributed by atoms with Crippen molar-refractivity contribution in [1.82, 2.24) is 0 Å². The van der Waals surface area contributed by atoms with Gasteiger partial charge in [-0.1, -0.05) is 31.0 Å². The van der Waals surface area contributed by atoms with Crippen molar-refractivity contribution in [2.75, 3.05) is 0 Å². The number of hydrogen-bond donors (Lipinski definition) is 0. The summed E-state index contributed by atoms with van der Waals surface area (Å²) in [4.78, 5) is 0.143. The lowest BCUT2D eigenvalue weighted by molar-refractivity contribution is 0.486. The van der Waals surface area contributed by atoms with Crippen molar-refractivity contribution >= 4 is 21.1 Å². The third-order valence-corrected chi connectivity index (χ3v) is 5.09. The monoisotopic (exact) mass is 344 g/mol. The van der Waals surface area contributed by atoms with Crippen LogP contribution in [0.25, 0.3) is 11.0 Å². The Balaban J connectivity index is 1.85. The molecule has 0 unspecified atom stereocenters. The highest BCUT2D eigenvalue weighted by Gasteiger charge is 2.17. The molecule has 3 aromatic rings. The highest BCUT2D eigenvalue weighted by atomic mass is 32.2. The van der Waals surface area contributed by atoms with Gasteiger partial charge in [-0.15, -0.1) is 0 Å². The number of rotatable bonds is 6. The number of fused-ring (bicyclic) bond motifs is 1. The van der Waals surface area contributed by atoms with Gasteiger partial charge in [0.15, 0.2) is 0 Å². The molecular formula is C19H20O4S. The first-order valence-electron chi connectivity index (χ1n) is 8.01. The third-order valence-electron chi connectivity index (χ3n) is 3.83. The summed E-state index contributed by atoms with van der Waals surface area (Å²) >= 11 is 0. The van der Waals surface area contributed by atoms with Crippen molar-refractivity contribution < 1.29 is 17.0 Å². The van der Waals surface area contributed by atoms with E-state index in [9.17, 15) is 8.42 Å². The van der Waals surface area contributed by atoms with Crippen LogP contribution in [0.15, 0.2) is 57.8 Å². The minimum Gasteiger partial charge on any atom is -0.461 e. The van der Waals surface area contributed by atoms with Gasteiger partial charge in [0.1, 0.15) is 22.0 Å². The maximum Gasteiger partial charge on any atom is 0.339 e. The first kappa shape index (κ1) is 16.6. The molecule has 2 aromatic carbocycles. The summed E-state index contributed by atoms with van der Waals surface area (Å²) in [6.45, 7) is 4.03. The van der Waals surface area contributed by atoms with Crippen LogP contribution in [0.2, 0.25) is 0 Å². The summed E-state index contributed by atoms with van der Waals surface area (Å²) < 4.78 is 35.7. The van der Waals surface area contributed by atoms with Crippen molar-refractivity contribution in [2.45, 2.75) is 38.0 Å². The van der Waals surface area contributed by atoms with Crippen molar-refractivity contribution in [1.29, 1.82) is 0 Å². The van der Waals surface area contributed by atoms with Gasteiger partial charge in [-0.3, -0.25) is 0 Å². The fourth-order valence-electron chi connectivity index (χ4n) is 2.48. The van der Waals surface area contributed by atoms with Crippen molar-refractivity contribution in [3.05, 3.63) is 59.9 Å². The Morgan fingerprint density at radius 3 is 2.50 bits per heavy atom. The van der Waals surface area contributed by atoms with Crippen molar-refractivity contribution in [3.63, 3.8) is 0 Å². The minimum atomic E-state index is -3.84. The van der Waals surface area contributed by atoms with Crippen LogP contribution >= 0.6 is 0 Å². The zero-order valence-corrected chi connectivity index (χ0v) is 14.6. The maximum atomic E-state index is 12.3. The molecule has 1 aromatic heterocycles. The lowest BCUT2D eigenvalue weighted by Gasteiger charge is -2.07. The lowest BCUT2D eigenvalue weighted by atomic mass is 10.2. The second-order valence-electron chi connectivity index (χ2n) is 5.87. The maximum absolute atomic E-state index is 12.3. The van der Waals surface area contributed by atoms with E-state index in [1.165, 1.54) is 0 Å². The quantitative estimate of drug-likeness (QED) is 0.600. The number of furan rings is 1. The Kier molecular flexibility index (Phi) is 4.62. The van der Waals surface area contributed by atoms with E-state index in [1.54, 1.807) is 42.5 Å². The predicted octanol–water partition coefficient (Wildman–Crippen LogP) is 4.85. The molecule has 0 aliphatic heterocycles. The molecule has 0 radical (unpaired) electrons. The van der Waals surface area contributed by atoms with Crippen LogP contribution < -0.4 is 4.18 Å². The van der Waals surface area contributed by atoms with Gasteiger partial charge in [0.25, 0.3) is 0 Å². The Morgan fingerprint density at radius 1 is 1.04 bits per heavy atom. The molecule has 0 N–H and O–H groups in total. The Bertz CT molecular complexity index is 937. The molecule has 0 atom stereocenters. The second-order valence-corrected chi connectivity index (χ2v) is 7.41. The normalized spacial score (nSPS) is 11.8. The molecule has 0 bridgehead atoms. The van der Waals surface area contributed by atoms with E-state index < -0.39 is 10.1 Å². The zero-order valence-electron chi connectivity index (χ0n) is 13.8. The molecule has 126 valence electrons. The summed E-state index contributed by atoms with van der Waals surface area (Å²) in [5, 5.41) is 0.845. The summed E-state index contributed by atoms with van der Waals surface area (Å²) in [6, 6.07) is 13.6. The summed E-state index contributed by atoms with van der Waals surface area (Å²) in [5.74, 6) is 1.19. The van der Waals surface area contributed by atoms with E-state index in [1.807, 2.05) is 13.0 Å². The second kappa shape index (κ2) is 6.69. The molecule has 1 heterocycles. The predicted molar refractivity (Wildman–Crippen MR) is 93.8 cm³/mol. The summed E-state index contributed by atoms with van der Waals surface area (Å²) in [7, 11) is -3.84. The molecule has 0 saturated heterocycles. The molecule has 0 aliphatic carbocycles. The first-order valence-corrected chi connectivity index (χ1v) is 9.42. The number of unbranched alkanes of at least 4 members (excludes halogenated alkanes) is 1. The van der Waals surface area contributed by atoms with Gasteiger partial charge in [-0.05, 0) is 49.7 Å². The van der Waals surface area contributed by atoms with Crippen LogP contribution in [-0.2, 0) is 16.5 Å². The molecule has 3 rings (SSSR count). The summed E-state index contributed by atoms with van der Waals surface area (Å²) in [5.41, 5.74) is 1.73. The molecule has 0 aliphatic rings. The van der Waals surface area contributed by atoms with E-state index in [2.05, 4.69) is 6.92 Å². The van der Waals surface area contributed by atoms with Crippen LogP contribution in [0.5, 0.6) is 5.75 Å². The van der Waals surface area contributed by atoms with Gasteiger partial charge in [-0.2, -0.15) is 8.42 Å². The van der Waals surface area contributed by atoms with Crippen LogP contribution in [-0.4, -0.2) is 8.42 Å². The standard InChI is InChI=1S/C19H20O4S/c1-3-4-5-16-12-15-13-17(8-11-19(15)22-16)23-24(20,21)18-9-6-14(2)7-10-18/h6-13H,3-5H2,1-2H3. The van der Waals surface area contributed by atoms with Crippen molar-refractivity contribution in [2.24, 2.45) is 0 Å². The van der Waals surface area contributed by atoms with Gasteiger partial charge in [0.2, 0.25) is 0 Å². The number of aryl methyl sites for hydroxylation is 2. The third kappa shape index (κ3) is 3.62. The van der Waals surface area contributed by atoms with Crippen LogP contribution in [0.3, 0.4) is 0 Å². The van der Waals surface area contributed by atoms with E-state index in [0.717, 1.165) is 41.6 Å². The van der Waals surface area contributed by atoms with Gasteiger partial charge >= 0.3 is 10.1 Å². The van der Waals surface area contributed by atoms with Gasteiger partial charge in [0, 0.05) is 11.8 Å². The first-order chi connectivity index (χ1) is 11.5. The Hall–Kier alpha value is -2.27. The van der Waals surface area contributed by atoms with E-state index in [4.69, 9.17) is 8.60 Å². The molecule has 0 saturated carbocycles. The largest absolute Gasteiger partial charge is 0.461 e. The van der Waals surface area contributed by atoms with Crippen LogP contribution in [0.4, 0.5) is 0 Å². The SMILES string of the molecule is CCCCc1cc2cc(OS(=O)(=O)c3ccc(C)cc3)ccc2o1. The zero-order chi connectivity index (χ0) is 17.2. The van der Waals surface area contributed by atoms with E-state index in [0.29, 0.717) is 0 Å². The van der Waals surface area contributed by atoms with Gasteiger partial charge in [-0.25, -0.2) is 0 Å². The fourth-order valence-corrected chi connectivity index (χ4v) is 3.40. The molecule has 4 nitrogen and oxygen atoms in total. The van der Waals surface area contributed by atoms with Crippen LogP contribution in [0, 0.1) is 6.92 Å². The molecular weight excluding hydrogens is 324 g/mol. The number of hydrogen-bond acceptors (Lipinski definition) is 4. The average molecular weight is 344 g/mol. The molecule has 24 heavy (non-hydrogen) atoms. The smallest absolute Gasteiger partial charge is 0.339 e. The van der Waals surface area contributed by atoms with Gasteiger partial charge in [0.05, 0.1) is 0 Å². The fraction of sp³-hybridized carbons (Fsp3) is 0.263. The highest BCUT2D eigenvalue weighted by Crippen LogP contribution is 2.27.